The van der Waals surface area contributed by atoms with Crippen LogP contribution in [0.5, 0.6) is 11.5 Å². The quantitative estimate of drug-likeness (QED) is 0.302. The first kappa shape index (κ1) is 27.9. The minimum atomic E-state index is -1.46. The van der Waals surface area contributed by atoms with Gasteiger partial charge in [-0.25, -0.2) is 4.39 Å². The number of hydrogen-bond acceptors (Lipinski definition) is 8. The standard InChI is InChI=1S/C28H29FN2O8/c1-3-21(34)28(37)31(13-16-6-4-5-7-19(16)29)20-12-18(27(36)30-8-9-32)23-17-10-15(14-33)11-22(38-2)25(17)39-26(23)24(20)35/h4-7,10-12,14,20,23-24,26,32,35H,3,8-9,13H2,1-2H3,(H,30,36). The number of benzene rings is 2. The molecule has 0 fully saturated rings. The Balaban J connectivity index is 1.86. The van der Waals surface area contributed by atoms with Crippen LogP contribution in [0.3, 0.4) is 0 Å². The van der Waals surface area contributed by atoms with Crippen molar-refractivity contribution in [3.05, 3.63) is 70.6 Å². The van der Waals surface area contributed by atoms with Gasteiger partial charge in [0.2, 0.25) is 11.7 Å². The summed E-state index contributed by atoms with van der Waals surface area (Å²) in [5.41, 5.74) is 0.868. The van der Waals surface area contributed by atoms with Crippen molar-refractivity contribution < 1.29 is 43.3 Å². The first-order valence-electron chi connectivity index (χ1n) is 12.4. The lowest BCUT2D eigenvalue weighted by Gasteiger charge is -2.40. The van der Waals surface area contributed by atoms with Crippen LogP contribution in [0.15, 0.2) is 48.0 Å². The third kappa shape index (κ3) is 5.27. The molecule has 1 aliphatic heterocycles. The second-order valence-corrected chi connectivity index (χ2v) is 9.20. The largest absolute Gasteiger partial charge is 0.493 e. The maximum Gasteiger partial charge on any atom is 0.290 e. The molecule has 4 atom stereocenters. The van der Waals surface area contributed by atoms with Crippen molar-refractivity contribution in [2.45, 2.75) is 44.1 Å². The molecule has 10 nitrogen and oxygen atoms in total. The maximum absolute atomic E-state index is 14.6. The zero-order valence-electron chi connectivity index (χ0n) is 21.4. The number of halogens is 1. The predicted octanol–water partition coefficient (Wildman–Crippen LogP) is 1.28. The van der Waals surface area contributed by atoms with Crippen LogP contribution in [0, 0.1) is 5.82 Å². The van der Waals surface area contributed by atoms with Gasteiger partial charge < -0.3 is 29.9 Å². The number of rotatable bonds is 10. The van der Waals surface area contributed by atoms with Gasteiger partial charge in [-0.2, -0.15) is 0 Å². The van der Waals surface area contributed by atoms with E-state index in [1.54, 1.807) is 6.07 Å². The second-order valence-electron chi connectivity index (χ2n) is 9.20. The minimum absolute atomic E-state index is 0.0710. The molecule has 3 N–H and O–H groups in total. The van der Waals surface area contributed by atoms with Gasteiger partial charge in [0, 0.05) is 41.8 Å². The first-order valence-corrected chi connectivity index (χ1v) is 12.4. The molecule has 2 aliphatic rings. The lowest BCUT2D eigenvalue weighted by Crippen LogP contribution is -2.56. The van der Waals surface area contributed by atoms with Crippen LogP contribution < -0.4 is 14.8 Å². The van der Waals surface area contributed by atoms with E-state index in [2.05, 4.69) is 5.32 Å². The van der Waals surface area contributed by atoms with Gasteiger partial charge in [0.1, 0.15) is 24.3 Å². The predicted molar refractivity (Wildman–Crippen MR) is 136 cm³/mol. The molecule has 4 rings (SSSR count). The number of nitrogens with one attached hydrogen (secondary N) is 1. The highest BCUT2D eigenvalue weighted by molar-refractivity contribution is 6.36. The Morgan fingerprint density at radius 1 is 1.23 bits per heavy atom. The fourth-order valence-corrected chi connectivity index (χ4v) is 4.99. The number of aliphatic hydroxyl groups is 2. The van der Waals surface area contributed by atoms with Crippen LogP contribution in [-0.4, -0.2) is 77.5 Å². The maximum atomic E-state index is 14.6. The molecule has 0 aromatic heterocycles. The number of carbonyl (C=O) groups is 4. The Kier molecular flexibility index (Phi) is 8.41. The molecule has 0 bridgehead atoms. The van der Waals surface area contributed by atoms with E-state index in [1.165, 1.54) is 50.4 Å². The Bertz CT molecular complexity index is 1330. The molecule has 2 aromatic carbocycles. The third-order valence-corrected chi connectivity index (χ3v) is 6.89. The number of ether oxygens (including phenoxy) is 2. The van der Waals surface area contributed by atoms with Crippen LogP contribution in [0.1, 0.15) is 40.7 Å². The topological polar surface area (TPSA) is 142 Å². The molecule has 11 heteroatoms. The van der Waals surface area contributed by atoms with Crippen LogP contribution in [0.4, 0.5) is 4.39 Å². The van der Waals surface area contributed by atoms with E-state index in [-0.39, 0.29) is 54.3 Å². The van der Waals surface area contributed by atoms with Crippen LogP contribution >= 0.6 is 0 Å². The molecule has 2 aromatic rings. The normalized spacial score (nSPS) is 21.1. The van der Waals surface area contributed by atoms with Gasteiger partial charge in [-0.1, -0.05) is 25.1 Å². The Morgan fingerprint density at radius 2 is 1.97 bits per heavy atom. The van der Waals surface area contributed by atoms with E-state index in [0.29, 0.717) is 11.8 Å². The monoisotopic (exact) mass is 540 g/mol. The lowest BCUT2D eigenvalue weighted by molar-refractivity contribution is -0.148. The molecule has 0 saturated heterocycles. The molecule has 4 unspecified atom stereocenters. The highest BCUT2D eigenvalue weighted by Crippen LogP contribution is 2.51. The van der Waals surface area contributed by atoms with Crippen molar-refractivity contribution in [2.24, 2.45) is 0 Å². The highest BCUT2D eigenvalue weighted by Gasteiger charge is 2.51. The summed E-state index contributed by atoms with van der Waals surface area (Å²) in [6.07, 6.45) is -0.727. The van der Waals surface area contributed by atoms with Crippen LogP contribution in [0.2, 0.25) is 0 Å². The van der Waals surface area contributed by atoms with Gasteiger partial charge in [0.15, 0.2) is 11.5 Å². The Hall–Kier alpha value is -4.09. The number of aliphatic hydroxyl groups excluding tert-OH is 2. The van der Waals surface area contributed by atoms with Gasteiger partial charge in [-0.05, 0) is 24.3 Å². The second kappa shape index (κ2) is 11.7. The number of methoxy groups -OCH3 is 1. The Morgan fingerprint density at radius 3 is 2.62 bits per heavy atom. The van der Waals surface area contributed by atoms with Crippen molar-refractivity contribution in [1.29, 1.82) is 0 Å². The summed E-state index contributed by atoms with van der Waals surface area (Å²) in [5.74, 6) is -3.37. The van der Waals surface area contributed by atoms with Crippen molar-refractivity contribution in [1.82, 2.24) is 10.2 Å². The van der Waals surface area contributed by atoms with E-state index in [4.69, 9.17) is 9.47 Å². The third-order valence-electron chi connectivity index (χ3n) is 6.89. The van der Waals surface area contributed by atoms with Gasteiger partial charge in [0.05, 0.1) is 25.7 Å². The van der Waals surface area contributed by atoms with Crippen molar-refractivity contribution in [3.63, 3.8) is 0 Å². The van der Waals surface area contributed by atoms with E-state index >= 15 is 0 Å². The van der Waals surface area contributed by atoms with Crippen molar-refractivity contribution in [3.8, 4) is 11.5 Å². The van der Waals surface area contributed by atoms with Gasteiger partial charge >= 0.3 is 0 Å². The van der Waals surface area contributed by atoms with Gasteiger partial charge in [-0.3, -0.25) is 19.2 Å². The molecule has 206 valence electrons. The summed E-state index contributed by atoms with van der Waals surface area (Å²) in [4.78, 5) is 51.7. The van der Waals surface area contributed by atoms with E-state index < -0.39 is 47.6 Å². The van der Waals surface area contributed by atoms with Crippen LogP contribution in [0.25, 0.3) is 0 Å². The average molecular weight is 541 g/mol. The number of hydrogen-bond donors (Lipinski definition) is 3. The van der Waals surface area contributed by atoms with Crippen molar-refractivity contribution >= 4 is 23.9 Å². The summed E-state index contributed by atoms with van der Waals surface area (Å²) in [6, 6.07) is 7.45. The SMILES string of the molecule is CCC(=O)C(=O)N(Cc1ccccc1F)C1C=C(C(=O)NCCO)C2c3cc(C=O)cc(OC)c3OC2C1O. The van der Waals surface area contributed by atoms with E-state index in [1.807, 2.05) is 0 Å². The smallest absolute Gasteiger partial charge is 0.290 e. The Labute approximate surface area is 224 Å². The molecular weight excluding hydrogens is 511 g/mol. The number of aldehydes is 1. The number of carbonyl (C=O) groups excluding carboxylic acids is 4. The molecule has 39 heavy (non-hydrogen) atoms. The number of amides is 2. The molecule has 0 spiro atoms. The summed E-state index contributed by atoms with van der Waals surface area (Å²) in [7, 11) is 1.38. The summed E-state index contributed by atoms with van der Waals surface area (Å²) in [5, 5.41) is 23.4. The minimum Gasteiger partial charge on any atom is -0.493 e. The average Bonchev–Trinajstić information content (AvgIpc) is 3.34. The molecule has 0 saturated carbocycles. The fraction of sp³-hybridized carbons (Fsp3) is 0.357. The molecule has 0 radical (unpaired) electrons. The van der Waals surface area contributed by atoms with Gasteiger partial charge in [-0.15, -0.1) is 0 Å². The summed E-state index contributed by atoms with van der Waals surface area (Å²) in [6.45, 7) is 0.743. The molecular formula is C28H29FN2O8. The molecule has 2 amide bonds. The number of fused-ring (bicyclic) bond motifs is 3. The molecule has 1 heterocycles. The number of Topliss-reactive ketones (excluding diaryl/α,β-unsaturated/α-hetero) is 1. The van der Waals surface area contributed by atoms with E-state index in [0.717, 1.165) is 4.90 Å². The molecule has 1 aliphatic carbocycles. The number of ketones is 1. The fourth-order valence-electron chi connectivity index (χ4n) is 4.99. The first-order chi connectivity index (χ1) is 18.7. The van der Waals surface area contributed by atoms with Gasteiger partial charge in [0.25, 0.3) is 5.91 Å². The zero-order chi connectivity index (χ0) is 28.3. The number of nitrogens with zero attached hydrogens (tertiary/aromatic N) is 1. The van der Waals surface area contributed by atoms with Crippen molar-refractivity contribution in [2.75, 3.05) is 20.3 Å². The lowest BCUT2D eigenvalue weighted by atomic mass is 9.77. The highest BCUT2D eigenvalue weighted by atomic mass is 19.1. The van der Waals surface area contributed by atoms with E-state index in [9.17, 15) is 33.8 Å². The summed E-state index contributed by atoms with van der Waals surface area (Å²) >= 11 is 0. The summed E-state index contributed by atoms with van der Waals surface area (Å²) < 4.78 is 26.1. The van der Waals surface area contributed by atoms with Crippen LogP contribution in [-0.2, 0) is 20.9 Å². The zero-order valence-corrected chi connectivity index (χ0v) is 21.4.